The third-order valence-electron chi connectivity index (χ3n) is 4.25. The Hall–Kier alpha value is -1.71. The third kappa shape index (κ3) is 3.06. The molecule has 4 heteroatoms. The highest BCUT2D eigenvalue weighted by molar-refractivity contribution is 6.02. The van der Waals surface area contributed by atoms with Crippen LogP contribution in [-0.4, -0.2) is 19.1 Å². The van der Waals surface area contributed by atoms with Gasteiger partial charge in [-0.25, -0.2) is 0 Å². The molecule has 2 rings (SSSR count). The van der Waals surface area contributed by atoms with Crippen LogP contribution < -0.4 is 15.8 Å². The van der Waals surface area contributed by atoms with E-state index in [-0.39, 0.29) is 11.9 Å². The van der Waals surface area contributed by atoms with Gasteiger partial charge >= 0.3 is 0 Å². The summed E-state index contributed by atoms with van der Waals surface area (Å²) in [6.45, 7) is 4.47. The number of carbonyl (C=O) groups is 1. The minimum absolute atomic E-state index is 0.133. The molecule has 0 aromatic heterocycles. The smallest absolute Gasteiger partial charge is 0.257 e. The van der Waals surface area contributed by atoms with Crippen molar-refractivity contribution in [3.05, 3.63) is 23.8 Å². The highest BCUT2D eigenvalue weighted by atomic mass is 16.5. The van der Waals surface area contributed by atoms with Gasteiger partial charge in [-0.2, -0.15) is 0 Å². The molecule has 0 heterocycles. The average molecular weight is 276 g/mol. The maximum absolute atomic E-state index is 12.5. The van der Waals surface area contributed by atoms with Crippen molar-refractivity contribution < 1.29 is 9.53 Å². The molecule has 0 bridgehead atoms. The second-order valence-corrected chi connectivity index (χ2v) is 5.90. The SMILES string of the molecule is COc1cccc(N)c1C(=O)NC1CCC(C)CC1C. The van der Waals surface area contributed by atoms with Gasteiger partial charge in [-0.3, -0.25) is 4.79 Å². The zero-order valence-electron chi connectivity index (χ0n) is 12.5. The lowest BCUT2D eigenvalue weighted by Gasteiger charge is -2.33. The molecule has 3 unspecified atom stereocenters. The van der Waals surface area contributed by atoms with Gasteiger partial charge in [-0.1, -0.05) is 19.9 Å². The molecule has 20 heavy (non-hydrogen) atoms. The van der Waals surface area contributed by atoms with Crippen molar-refractivity contribution in [2.75, 3.05) is 12.8 Å². The molecular weight excluding hydrogens is 252 g/mol. The predicted octanol–water partition coefficient (Wildman–Crippen LogP) is 2.83. The van der Waals surface area contributed by atoms with Crippen LogP contribution in [0.5, 0.6) is 5.75 Å². The molecule has 1 saturated carbocycles. The lowest BCUT2D eigenvalue weighted by molar-refractivity contribution is 0.0897. The summed E-state index contributed by atoms with van der Waals surface area (Å²) in [5, 5.41) is 3.12. The van der Waals surface area contributed by atoms with Gasteiger partial charge in [0.15, 0.2) is 0 Å². The maximum atomic E-state index is 12.5. The molecular formula is C16H24N2O2. The van der Waals surface area contributed by atoms with Crippen LogP contribution in [0, 0.1) is 11.8 Å². The van der Waals surface area contributed by atoms with Crippen molar-refractivity contribution in [3.63, 3.8) is 0 Å². The number of hydrogen-bond donors (Lipinski definition) is 2. The fourth-order valence-electron chi connectivity index (χ4n) is 3.08. The van der Waals surface area contributed by atoms with Crippen LogP contribution in [0.4, 0.5) is 5.69 Å². The number of rotatable bonds is 3. The number of benzene rings is 1. The molecule has 0 radical (unpaired) electrons. The quantitative estimate of drug-likeness (QED) is 0.834. The minimum Gasteiger partial charge on any atom is -0.496 e. The molecule has 110 valence electrons. The van der Waals surface area contributed by atoms with Crippen molar-refractivity contribution >= 4 is 11.6 Å². The normalized spacial score (nSPS) is 26.1. The molecule has 3 atom stereocenters. The largest absolute Gasteiger partial charge is 0.496 e. The van der Waals surface area contributed by atoms with E-state index in [9.17, 15) is 4.79 Å². The van der Waals surface area contributed by atoms with Gasteiger partial charge in [0, 0.05) is 11.7 Å². The second-order valence-electron chi connectivity index (χ2n) is 5.90. The van der Waals surface area contributed by atoms with Crippen LogP contribution in [-0.2, 0) is 0 Å². The Morgan fingerprint density at radius 1 is 1.35 bits per heavy atom. The topological polar surface area (TPSA) is 64.3 Å². The Labute approximate surface area is 120 Å². The summed E-state index contributed by atoms with van der Waals surface area (Å²) in [6.07, 6.45) is 3.35. The number of methoxy groups -OCH3 is 1. The highest BCUT2D eigenvalue weighted by Gasteiger charge is 2.28. The molecule has 1 aromatic rings. The average Bonchev–Trinajstić information content (AvgIpc) is 2.41. The zero-order valence-corrected chi connectivity index (χ0v) is 12.5. The first-order valence-corrected chi connectivity index (χ1v) is 7.26. The fraction of sp³-hybridized carbons (Fsp3) is 0.562. The Kier molecular flexibility index (Phi) is 4.53. The van der Waals surface area contributed by atoms with Crippen LogP contribution in [0.3, 0.4) is 0 Å². The molecule has 0 spiro atoms. The van der Waals surface area contributed by atoms with E-state index in [1.54, 1.807) is 25.3 Å². The van der Waals surface area contributed by atoms with E-state index in [0.29, 0.717) is 22.9 Å². The molecule has 0 saturated heterocycles. The van der Waals surface area contributed by atoms with Gasteiger partial charge in [0.25, 0.3) is 5.91 Å². The van der Waals surface area contributed by atoms with E-state index in [4.69, 9.17) is 10.5 Å². The third-order valence-corrected chi connectivity index (χ3v) is 4.25. The second kappa shape index (κ2) is 6.16. The van der Waals surface area contributed by atoms with E-state index in [1.807, 2.05) is 0 Å². The summed E-state index contributed by atoms with van der Waals surface area (Å²) >= 11 is 0. The van der Waals surface area contributed by atoms with Crippen LogP contribution in [0.1, 0.15) is 43.5 Å². The first kappa shape index (κ1) is 14.7. The van der Waals surface area contributed by atoms with Gasteiger partial charge < -0.3 is 15.8 Å². The molecule has 1 amide bonds. The fourth-order valence-corrected chi connectivity index (χ4v) is 3.08. The number of ether oxygens (including phenoxy) is 1. The minimum atomic E-state index is -0.133. The summed E-state index contributed by atoms with van der Waals surface area (Å²) in [5.41, 5.74) is 6.82. The molecule has 3 N–H and O–H groups in total. The Morgan fingerprint density at radius 2 is 2.10 bits per heavy atom. The summed E-state index contributed by atoms with van der Waals surface area (Å²) in [7, 11) is 1.55. The molecule has 0 aliphatic heterocycles. The van der Waals surface area contributed by atoms with Gasteiger partial charge in [0.2, 0.25) is 0 Å². The van der Waals surface area contributed by atoms with Gasteiger partial charge in [-0.05, 0) is 43.2 Å². The van der Waals surface area contributed by atoms with Crippen LogP contribution in [0.15, 0.2) is 18.2 Å². The van der Waals surface area contributed by atoms with Crippen molar-refractivity contribution in [1.29, 1.82) is 0 Å². The molecule has 1 aliphatic rings. The summed E-state index contributed by atoms with van der Waals surface area (Å²) in [5.74, 6) is 1.64. The monoisotopic (exact) mass is 276 g/mol. The molecule has 1 aliphatic carbocycles. The molecule has 4 nitrogen and oxygen atoms in total. The Bertz CT molecular complexity index is 487. The predicted molar refractivity (Wildman–Crippen MR) is 80.8 cm³/mol. The van der Waals surface area contributed by atoms with Crippen LogP contribution in [0.25, 0.3) is 0 Å². The first-order chi connectivity index (χ1) is 9.52. The zero-order chi connectivity index (χ0) is 14.7. The van der Waals surface area contributed by atoms with Crippen LogP contribution in [0.2, 0.25) is 0 Å². The van der Waals surface area contributed by atoms with Crippen molar-refractivity contribution in [1.82, 2.24) is 5.32 Å². The number of hydrogen-bond acceptors (Lipinski definition) is 3. The summed E-state index contributed by atoms with van der Waals surface area (Å²) in [4.78, 5) is 12.5. The van der Waals surface area contributed by atoms with Gasteiger partial charge in [0.05, 0.1) is 7.11 Å². The van der Waals surface area contributed by atoms with E-state index in [0.717, 1.165) is 25.2 Å². The van der Waals surface area contributed by atoms with Crippen LogP contribution >= 0.6 is 0 Å². The molecule has 1 fully saturated rings. The molecule has 1 aromatic carbocycles. The van der Waals surface area contributed by atoms with E-state index < -0.39 is 0 Å². The Morgan fingerprint density at radius 3 is 2.75 bits per heavy atom. The summed E-state index contributed by atoms with van der Waals surface area (Å²) < 4.78 is 5.24. The van der Waals surface area contributed by atoms with Gasteiger partial charge in [-0.15, -0.1) is 0 Å². The van der Waals surface area contributed by atoms with E-state index in [2.05, 4.69) is 19.2 Å². The lowest BCUT2D eigenvalue weighted by Crippen LogP contribution is -2.42. The number of carbonyl (C=O) groups excluding carboxylic acids is 1. The maximum Gasteiger partial charge on any atom is 0.257 e. The van der Waals surface area contributed by atoms with Crippen molar-refractivity contribution in [2.45, 2.75) is 39.2 Å². The Balaban J connectivity index is 2.13. The highest BCUT2D eigenvalue weighted by Crippen LogP contribution is 2.30. The number of amides is 1. The number of nitrogens with two attached hydrogens (primary N) is 1. The number of nitrogens with one attached hydrogen (secondary N) is 1. The lowest BCUT2D eigenvalue weighted by atomic mass is 9.80. The number of anilines is 1. The van der Waals surface area contributed by atoms with E-state index >= 15 is 0 Å². The van der Waals surface area contributed by atoms with Crippen molar-refractivity contribution in [2.24, 2.45) is 11.8 Å². The summed E-state index contributed by atoms with van der Waals surface area (Å²) in [6, 6.07) is 5.50. The van der Waals surface area contributed by atoms with Crippen molar-refractivity contribution in [3.8, 4) is 5.75 Å². The van der Waals surface area contributed by atoms with E-state index in [1.165, 1.54) is 0 Å². The first-order valence-electron chi connectivity index (χ1n) is 7.26. The number of nitrogen functional groups attached to an aromatic ring is 1. The van der Waals surface area contributed by atoms with Gasteiger partial charge in [0.1, 0.15) is 11.3 Å². The standard InChI is InChI=1S/C16H24N2O2/c1-10-7-8-13(11(2)9-10)18-16(19)15-12(17)5-4-6-14(15)20-3/h4-6,10-11,13H,7-9,17H2,1-3H3,(H,18,19).